The van der Waals surface area contributed by atoms with Gasteiger partial charge in [-0.2, -0.15) is 4.89 Å². The number of cyclic esters (lactones) is 2. The number of alkyl carbamates (subject to hydrolysis) is 1. The highest BCUT2D eigenvalue weighted by molar-refractivity contribution is 6.18. The SMILES string of the molecule is CC1(C)OC(=O)C(C(=O)C(CC(=O)OOCc2ccccc2)NC(=O)OCc2cccc3c2Cc2ccccc2-3)C(=O)O1. The molecule has 0 aromatic heterocycles. The van der Waals surface area contributed by atoms with Crippen molar-refractivity contribution in [2.45, 2.75) is 51.7 Å². The van der Waals surface area contributed by atoms with Crippen LogP contribution in [0.3, 0.4) is 0 Å². The van der Waals surface area contributed by atoms with Gasteiger partial charge in [0, 0.05) is 13.8 Å². The zero-order valence-corrected chi connectivity index (χ0v) is 23.5. The van der Waals surface area contributed by atoms with Crippen LogP contribution in [0.5, 0.6) is 0 Å². The van der Waals surface area contributed by atoms with E-state index < -0.39 is 54.0 Å². The van der Waals surface area contributed by atoms with Crippen molar-refractivity contribution in [2.24, 2.45) is 5.92 Å². The topological polar surface area (TPSA) is 144 Å². The molecule has 2 aliphatic rings. The minimum Gasteiger partial charge on any atom is -0.445 e. The van der Waals surface area contributed by atoms with E-state index in [4.69, 9.17) is 24.0 Å². The van der Waals surface area contributed by atoms with Gasteiger partial charge in [0.1, 0.15) is 19.3 Å². The molecular formula is C32H29NO10. The molecule has 1 fully saturated rings. The molecule has 3 aromatic carbocycles. The third kappa shape index (κ3) is 6.90. The molecule has 1 unspecified atom stereocenters. The number of fused-ring (bicyclic) bond motifs is 3. The van der Waals surface area contributed by atoms with E-state index in [1.165, 1.54) is 13.8 Å². The third-order valence-electron chi connectivity index (χ3n) is 6.98. The number of benzene rings is 3. The summed E-state index contributed by atoms with van der Waals surface area (Å²) in [6.07, 6.45) is -1.15. The van der Waals surface area contributed by atoms with E-state index in [1.807, 2.05) is 48.5 Å². The molecule has 43 heavy (non-hydrogen) atoms. The molecule has 5 rings (SSSR count). The predicted octanol–water partition coefficient (Wildman–Crippen LogP) is 3.94. The Morgan fingerprint density at radius 3 is 2.30 bits per heavy atom. The van der Waals surface area contributed by atoms with Crippen LogP contribution in [-0.4, -0.2) is 41.6 Å². The Kier molecular flexibility index (Phi) is 8.53. The lowest BCUT2D eigenvalue weighted by Gasteiger charge is -2.33. The number of hydrogen-bond acceptors (Lipinski definition) is 10. The molecule has 1 saturated heterocycles. The van der Waals surface area contributed by atoms with Gasteiger partial charge in [-0.25, -0.2) is 9.59 Å². The van der Waals surface area contributed by atoms with Crippen LogP contribution >= 0.6 is 0 Å². The normalized spacial score (nSPS) is 15.8. The molecule has 11 nitrogen and oxygen atoms in total. The van der Waals surface area contributed by atoms with E-state index in [0.717, 1.165) is 33.4 Å². The summed E-state index contributed by atoms with van der Waals surface area (Å²) in [5.74, 6) is -8.09. The van der Waals surface area contributed by atoms with Gasteiger partial charge in [0.15, 0.2) is 5.78 Å². The maximum Gasteiger partial charge on any atom is 0.408 e. The summed E-state index contributed by atoms with van der Waals surface area (Å²) in [6.45, 7) is 2.46. The van der Waals surface area contributed by atoms with E-state index in [2.05, 4.69) is 5.32 Å². The highest BCUT2D eigenvalue weighted by Crippen LogP contribution is 2.38. The highest BCUT2D eigenvalue weighted by Gasteiger charge is 2.49. The molecule has 1 N–H and O–H groups in total. The number of Topliss-reactive ketones (excluding diaryl/α,β-unsaturated/α-hetero) is 1. The summed E-state index contributed by atoms with van der Waals surface area (Å²) in [6, 6.07) is 20.8. The Labute approximate surface area is 246 Å². The van der Waals surface area contributed by atoms with Gasteiger partial charge in [-0.05, 0) is 39.8 Å². The zero-order chi connectivity index (χ0) is 30.6. The smallest absolute Gasteiger partial charge is 0.408 e. The van der Waals surface area contributed by atoms with Crippen molar-refractivity contribution in [1.29, 1.82) is 0 Å². The number of carbonyl (C=O) groups is 5. The second-order valence-electron chi connectivity index (χ2n) is 10.5. The van der Waals surface area contributed by atoms with Gasteiger partial charge in [-0.15, -0.1) is 0 Å². The van der Waals surface area contributed by atoms with Crippen LogP contribution in [0.4, 0.5) is 4.79 Å². The average molecular weight is 588 g/mol. The first-order valence-corrected chi connectivity index (χ1v) is 13.6. The summed E-state index contributed by atoms with van der Waals surface area (Å²) in [5, 5.41) is 2.29. The van der Waals surface area contributed by atoms with Gasteiger partial charge in [0.25, 0.3) is 5.79 Å². The minimum atomic E-state index is -2.02. The largest absolute Gasteiger partial charge is 0.445 e. The predicted molar refractivity (Wildman–Crippen MR) is 148 cm³/mol. The van der Waals surface area contributed by atoms with E-state index in [9.17, 15) is 24.0 Å². The second kappa shape index (κ2) is 12.5. The fourth-order valence-corrected chi connectivity index (χ4v) is 5.00. The quantitative estimate of drug-likeness (QED) is 0.125. The molecule has 11 heteroatoms. The average Bonchev–Trinajstić information content (AvgIpc) is 3.34. The van der Waals surface area contributed by atoms with Crippen molar-refractivity contribution < 1.29 is 48.0 Å². The molecule has 1 aliphatic carbocycles. The van der Waals surface area contributed by atoms with Gasteiger partial charge in [0.05, 0.1) is 6.42 Å². The number of amides is 1. The van der Waals surface area contributed by atoms with Gasteiger partial charge >= 0.3 is 24.0 Å². The molecule has 1 atom stereocenters. The van der Waals surface area contributed by atoms with Crippen LogP contribution in [0.2, 0.25) is 0 Å². The van der Waals surface area contributed by atoms with Crippen LogP contribution in [0.1, 0.15) is 42.5 Å². The Morgan fingerprint density at radius 1 is 0.884 bits per heavy atom. The molecule has 0 saturated carbocycles. The lowest BCUT2D eigenvalue weighted by Crippen LogP contribution is -2.54. The molecule has 0 radical (unpaired) electrons. The minimum absolute atomic E-state index is 0.0672. The van der Waals surface area contributed by atoms with E-state index in [-0.39, 0.29) is 13.2 Å². The second-order valence-corrected chi connectivity index (χ2v) is 10.5. The monoisotopic (exact) mass is 587 g/mol. The van der Waals surface area contributed by atoms with Crippen LogP contribution in [0, 0.1) is 5.92 Å². The van der Waals surface area contributed by atoms with Gasteiger partial charge < -0.3 is 19.5 Å². The number of rotatable bonds is 10. The number of nitrogens with one attached hydrogen (secondary N) is 1. The molecule has 0 spiro atoms. The number of carbonyl (C=O) groups excluding carboxylic acids is 5. The molecule has 3 aromatic rings. The molecular weight excluding hydrogens is 558 g/mol. The summed E-state index contributed by atoms with van der Waals surface area (Å²) in [4.78, 5) is 73.6. The number of hydrogen-bond donors (Lipinski definition) is 1. The van der Waals surface area contributed by atoms with Crippen molar-refractivity contribution in [3.63, 3.8) is 0 Å². The lowest BCUT2D eigenvalue weighted by molar-refractivity contribution is -0.280. The first-order chi connectivity index (χ1) is 20.6. The number of ether oxygens (including phenoxy) is 3. The van der Waals surface area contributed by atoms with Crippen LogP contribution in [0.15, 0.2) is 72.8 Å². The van der Waals surface area contributed by atoms with Crippen LogP contribution < -0.4 is 5.32 Å². The van der Waals surface area contributed by atoms with Crippen LogP contribution in [-0.2, 0) is 62.8 Å². The number of esters is 2. The van der Waals surface area contributed by atoms with Crippen molar-refractivity contribution in [2.75, 3.05) is 0 Å². The Balaban J connectivity index is 1.25. The van der Waals surface area contributed by atoms with Crippen molar-refractivity contribution >= 4 is 29.8 Å². The molecule has 1 amide bonds. The highest BCUT2D eigenvalue weighted by atomic mass is 17.2. The fourth-order valence-electron chi connectivity index (χ4n) is 5.00. The standard InChI is InChI=1S/C32H29NO10/c1-32(2)41-29(36)27(30(37)42-32)28(35)25(16-26(34)43-40-17-19-9-4-3-5-10-19)33-31(38)39-18-21-12-8-14-23-22-13-7-6-11-20(22)15-24(21)23/h3-14,25,27H,15-18H2,1-2H3,(H,33,38). The van der Waals surface area contributed by atoms with E-state index >= 15 is 0 Å². The van der Waals surface area contributed by atoms with Gasteiger partial charge in [0.2, 0.25) is 5.92 Å². The molecule has 0 bridgehead atoms. The van der Waals surface area contributed by atoms with Crippen LogP contribution in [0.25, 0.3) is 11.1 Å². The molecule has 1 aliphatic heterocycles. The first kappa shape index (κ1) is 29.5. The maximum atomic E-state index is 13.3. The third-order valence-corrected chi connectivity index (χ3v) is 6.98. The molecule has 1 heterocycles. The summed E-state index contributed by atoms with van der Waals surface area (Å²) in [7, 11) is 0. The summed E-state index contributed by atoms with van der Waals surface area (Å²) < 4.78 is 15.5. The van der Waals surface area contributed by atoms with Gasteiger partial charge in [-0.1, -0.05) is 72.8 Å². The van der Waals surface area contributed by atoms with E-state index in [0.29, 0.717) is 6.42 Å². The van der Waals surface area contributed by atoms with Gasteiger partial charge in [-0.3, -0.25) is 19.3 Å². The molecule has 222 valence electrons. The summed E-state index contributed by atoms with van der Waals surface area (Å²) >= 11 is 0. The Bertz CT molecular complexity index is 1550. The first-order valence-electron chi connectivity index (χ1n) is 13.6. The van der Waals surface area contributed by atoms with Crippen molar-refractivity contribution in [3.05, 3.63) is 95.1 Å². The zero-order valence-electron chi connectivity index (χ0n) is 23.5. The Morgan fingerprint density at radius 2 is 1.56 bits per heavy atom. The maximum absolute atomic E-state index is 13.3. The van der Waals surface area contributed by atoms with Crippen molar-refractivity contribution in [1.82, 2.24) is 5.32 Å². The fraction of sp³-hybridized carbons (Fsp3) is 0.281. The lowest BCUT2D eigenvalue weighted by atomic mass is 9.95. The van der Waals surface area contributed by atoms with Crippen molar-refractivity contribution in [3.8, 4) is 11.1 Å². The van der Waals surface area contributed by atoms with E-state index in [1.54, 1.807) is 24.3 Å². The summed E-state index contributed by atoms with van der Waals surface area (Å²) in [5.41, 5.74) is 5.80. The Hall–Kier alpha value is -5.03. The number of ketones is 1.